The van der Waals surface area contributed by atoms with Crippen molar-refractivity contribution >= 4 is 0 Å². The van der Waals surface area contributed by atoms with Crippen LogP contribution in [0.4, 0.5) is 0 Å². The first-order valence-corrected chi connectivity index (χ1v) is 15.2. The van der Waals surface area contributed by atoms with Gasteiger partial charge >= 0.3 is 0 Å². The Balaban J connectivity index is 1.21. The van der Waals surface area contributed by atoms with E-state index in [2.05, 4.69) is 42.5 Å². The second kappa shape index (κ2) is 10.0. The van der Waals surface area contributed by atoms with E-state index in [9.17, 15) is 5.26 Å². The molecule has 0 aliphatic heterocycles. The van der Waals surface area contributed by atoms with Gasteiger partial charge < -0.3 is 0 Å². The van der Waals surface area contributed by atoms with Gasteiger partial charge in [0.05, 0.1) is 11.6 Å². The van der Waals surface area contributed by atoms with Crippen LogP contribution in [0, 0.1) is 29.1 Å². The lowest BCUT2D eigenvalue weighted by atomic mass is 9.48. The lowest BCUT2D eigenvalue weighted by molar-refractivity contribution is -0.00518. The highest BCUT2D eigenvalue weighted by molar-refractivity contribution is 5.82. The third-order valence-corrected chi connectivity index (χ3v) is 9.95. The van der Waals surface area contributed by atoms with E-state index in [1.807, 2.05) is 66.7 Å². The molecule has 1 aromatic heterocycles. The summed E-state index contributed by atoms with van der Waals surface area (Å²) in [4.78, 5) is 15.0. The third-order valence-electron chi connectivity index (χ3n) is 9.95. The molecule has 4 aliphatic carbocycles. The Labute approximate surface area is 247 Å². The van der Waals surface area contributed by atoms with Crippen LogP contribution in [-0.4, -0.2) is 15.0 Å². The topological polar surface area (TPSA) is 62.5 Å². The quantitative estimate of drug-likeness (QED) is 0.222. The molecule has 0 spiro atoms. The second-order valence-electron chi connectivity index (χ2n) is 12.7. The first kappa shape index (κ1) is 25.1. The highest BCUT2D eigenvalue weighted by atomic mass is 15.0. The summed E-state index contributed by atoms with van der Waals surface area (Å²) < 4.78 is 0. The lowest BCUT2D eigenvalue weighted by Gasteiger charge is -2.57. The lowest BCUT2D eigenvalue weighted by Crippen LogP contribution is -2.48. The number of rotatable bonds is 5. The average molecular weight is 545 g/mol. The van der Waals surface area contributed by atoms with Crippen LogP contribution in [0.1, 0.15) is 49.7 Å². The Morgan fingerprint density at radius 1 is 0.524 bits per heavy atom. The third kappa shape index (κ3) is 4.41. The smallest absolute Gasteiger partial charge is 0.164 e. The molecule has 0 N–H and O–H groups in total. The first-order valence-electron chi connectivity index (χ1n) is 15.2. The van der Waals surface area contributed by atoms with Gasteiger partial charge in [-0.05, 0) is 90.5 Å². The van der Waals surface area contributed by atoms with Crippen molar-refractivity contribution in [2.75, 3.05) is 0 Å². The van der Waals surface area contributed by atoms with Crippen molar-refractivity contribution in [2.45, 2.75) is 43.9 Å². The van der Waals surface area contributed by atoms with Crippen molar-refractivity contribution in [3.05, 3.63) is 114 Å². The van der Waals surface area contributed by atoms with Crippen molar-refractivity contribution in [1.82, 2.24) is 15.0 Å². The number of nitriles is 1. The van der Waals surface area contributed by atoms with Gasteiger partial charge in [0.2, 0.25) is 0 Å². The predicted molar refractivity (Wildman–Crippen MR) is 166 cm³/mol. The molecule has 4 heteroatoms. The highest BCUT2D eigenvalue weighted by Crippen LogP contribution is 2.60. The van der Waals surface area contributed by atoms with Crippen molar-refractivity contribution in [3.8, 4) is 51.4 Å². The van der Waals surface area contributed by atoms with E-state index < -0.39 is 0 Å². The number of hydrogen-bond acceptors (Lipinski definition) is 4. The number of nitrogens with zero attached hydrogens (tertiary/aromatic N) is 4. The van der Waals surface area contributed by atoms with Crippen LogP contribution in [0.3, 0.4) is 0 Å². The van der Waals surface area contributed by atoms with Gasteiger partial charge in [0.1, 0.15) is 0 Å². The van der Waals surface area contributed by atoms with E-state index in [-0.39, 0.29) is 0 Å². The molecule has 4 nitrogen and oxygen atoms in total. The molecule has 4 aliphatic rings. The van der Waals surface area contributed by atoms with Crippen molar-refractivity contribution in [1.29, 1.82) is 5.26 Å². The fourth-order valence-corrected chi connectivity index (χ4v) is 8.43. The zero-order valence-electron chi connectivity index (χ0n) is 23.6. The van der Waals surface area contributed by atoms with Crippen LogP contribution in [0.15, 0.2) is 103 Å². The van der Waals surface area contributed by atoms with Crippen LogP contribution in [0.2, 0.25) is 0 Å². The molecule has 4 bridgehead atoms. The van der Waals surface area contributed by atoms with Gasteiger partial charge in [0.25, 0.3) is 0 Å². The molecule has 0 saturated heterocycles. The summed E-state index contributed by atoms with van der Waals surface area (Å²) in [7, 11) is 0. The molecule has 5 aromatic rings. The van der Waals surface area contributed by atoms with Gasteiger partial charge in [0.15, 0.2) is 17.5 Å². The number of hydrogen-bond donors (Lipinski definition) is 0. The van der Waals surface area contributed by atoms with Crippen molar-refractivity contribution in [3.63, 3.8) is 0 Å². The zero-order valence-corrected chi connectivity index (χ0v) is 23.6. The van der Waals surface area contributed by atoms with E-state index in [4.69, 9.17) is 15.0 Å². The Morgan fingerprint density at radius 2 is 1.02 bits per heavy atom. The Morgan fingerprint density at radius 3 is 1.62 bits per heavy atom. The molecule has 9 rings (SSSR count). The number of aromatic nitrogens is 3. The second-order valence-corrected chi connectivity index (χ2v) is 12.7. The molecule has 0 atom stereocenters. The van der Waals surface area contributed by atoms with Gasteiger partial charge in [-0.15, -0.1) is 0 Å². The zero-order chi connectivity index (χ0) is 28.1. The summed E-state index contributed by atoms with van der Waals surface area (Å²) in [5.41, 5.74) is 7.48. The average Bonchev–Trinajstić information content (AvgIpc) is 3.04. The molecule has 0 unspecified atom stereocenters. The first-order chi connectivity index (χ1) is 20.7. The molecule has 0 radical (unpaired) electrons. The van der Waals surface area contributed by atoms with Crippen LogP contribution in [-0.2, 0) is 5.41 Å². The summed E-state index contributed by atoms with van der Waals surface area (Å²) in [6.45, 7) is 0. The SMILES string of the molecule is N#Cc1ccc(-c2ccccc2-c2nc(-c3ccccc3)nc(-c3ccc(C45C[C@H]6C[C@@H](C4)C[C@@H](C5)C6)cc3)n2)cc1. The van der Waals surface area contributed by atoms with Crippen molar-refractivity contribution in [2.24, 2.45) is 17.8 Å². The largest absolute Gasteiger partial charge is 0.208 e. The fraction of sp³-hybridized carbons (Fsp3) is 0.263. The Bertz CT molecular complexity index is 1760. The fourth-order valence-electron chi connectivity index (χ4n) is 8.43. The molecule has 4 saturated carbocycles. The minimum atomic E-state index is 0.368. The van der Waals surface area contributed by atoms with Gasteiger partial charge in [-0.1, -0.05) is 91.0 Å². The van der Waals surface area contributed by atoms with Crippen LogP contribution < -0.4 is 0 Å². The molecule has 1 heterocycles. The van der Waals surface area contributed by atoms with E-state index >= 15 is 0 Å². The van der Waals surface area contributed by atoms with Gasteiger partial charge in [0, 0.05) is 16.7 Å². The molecular formula is C38H32N4. The van der Waals surface area contributed by atoms with Gasteiger partial charge in [-0.25, -0.2) is 15.0 Å². The minimum absolute atomic E-state index is 0.368. The monoisotopic (exact) mass is 544 g/mol. The standard InChI is InChI=1S/C38H32N4/c39-24-25-10-12-29(13-11-25)33-8-4-5-9-34(33)37-41-35(30-6-2-1-3-7-30)40-36(42-37)31-14-16-32(17-15-31)38-21-26-18-27(22-38)20-28(19-26)23-38/h1-17,26-28H,18-23H2/t26-,27+,28-,38?. The molecule has 4 aromatic carbocycles. The maximum atomic E-state index is 9.28. The molecule has 0 amide bonds. The van der Waals surface area contributed by atoms with Gasteiger partial charge in [-0.3, -0.25) is 0 Å². The van der Waals surface area contributed by atoms with E-state index in [1.54, 1.807) is 0 Å². The summed E-state index contributed by atoms with van der Waals surface area (Å²) in [6.07, 6.45) is 8.45. The van der Waals surface area contributed by atoms with Crippen LogP contribution in [0.25, 0.3) is 45.3 Å². The molecular weight excluding hydrogens is 512 g/mol. The highest BCUT2D eigenvalue weighted by Gasteiger charge is 2.51. The van der Waals surface area contributed by atoms with E-state index in [0.717, 1.165) is 45.6 Å². The summed E-state index contributed by atoms with van der Waals surface area (Å²) in [6, 6.07) is 37.4. The Hall–Kier alpha value is -4.62. The van der Waals surface area contributed by atoms with Crippen molar-refractivity contribution < 1.29 is 0 Å². The van der Waals surface area contributed by atoms with E-state index in [0.29, 0.717) is 28.5 Å². The molecule has 204 valence electrons. The van der Waals surface area contributed by atoms with Gasteiger partial charge in [-0.2, -0.15) is 5.26 Å². The summed E-state index contributed by atoms with van der Waals surface area (Å²) >= 11 is 0. The van der Waals surface area contributed by atoms with E-state index in [1.165, 1.54) is 44.1 Å². The summed E-state index contributed by atoms with van der Waals surface area (Å²) in [5, 5.41) is 9.28. The number of benzene rings is 4. The Kier molecular flexibility index (Phi) is 6.00. The molecule has 42 heavy (non-hydrogen) atoms. The molecule has 4 fully saturated rings. The maximum absolute atomic E-state index is 9.28. The predicted octanol–water partition coefficient (Wildman–Crippen LogP) is 8.88. The van der Waals surface area contributed by atoms with Crippen LogP contribution >= 0.6 is 0 Å². The van der Waals surface area contributed by atoms with Crippen LogP contribution in [0.5, 0.6) is 0 Å². The normalized spacial score (nSPS) is 23.9. The maximum Gasteiger partial charge on any atom is 0.164 e. The minimum Gasteiger partial charge on any atom is -0.208 e. The summed E-state index contributed by atoms with van der Waals surface area (Å²) in [5.74, 6) is 4.76.